The molecule has 0 amide bonds. The predicted octanol–water partition coefficient (Wildman–Crippen LogP) is 0.607. The van der Waals surface area contributed by atoms with Gasteiger partial charge in [-0.05, 0) is 12.2 Å². The predicted molar refractivity (Wildman–Crippen MR) is 53.8 cm³/mol. The molecular formula is C7H12N2O2S2. The topological polar surface area (TPSA) is 52.0 Å². The van der Waals surface area contributed by atoms with Crippen LogP contribution in [0.5, 0.6) is 0 Å². The summed E-state index contributed by atoms with van der Waals surface area (Å²) in [6.45, 7) is 0.707. The zero-order valence-electron chi connectivity index (χ0n) is 7.34. The summed E-state index contributed by atoms with van der Waals surface area (Å²) in [6, 6.07) is 0. The summed E-state index contributed by atoms with van der Waals surface area (Å²) in [5.74, 6) is 0.772. The Morgan fingerprint density at radius 2 is 2.31 bits per heavy atom. The molecule has 1 rings (SSSR count). The van der Waals surface area contributed by atoms with Crippen molar-refractivity contribution in [2.24, 2.45) is 0 Å². The fraction of sp³-hybridized carbons (Fsp3) is 0.571. The first-order valence-corrected chi connectivity index (χ1v) is 6.40. The van der Waals surface area contributed by atoms with Gasteiger partial charge in [0.25, 0.3) is 0 Å². The van der Waals surface area contributed by atoms with E-state index < -0.39 is 9.84 Å². The SMILES string of the molecule is CS(=O)(=O)c1cnn(CCCS)c1. The summed E-state index contributed by atoms with van der Waals surface area (Å²) in [4.78, 5) is 0.270. The summed E-state index contributed by atoms with van der Waals surface area (Å²) < 4.78 is 23.7. The van der Waals surface area contributed by atoms with Gasteiger partial charge >= 0.3 is 0 Å². The van der Waals surface area contributed by atoms with Gasteiger partial charge in [-0.2, -0.15) is 17.7 Å². The van der Waals surface area contributed by atoms with Gasteiger partial charge in [0.2, 0.25) is 0 Å². The van der Waals surface area contributed by atoms with E-state index in [-0.39, 0.29) is 4.90 Å². The van der Waals surface area contributed by atoms with Crippen molar-refractivity contribution in [2.75, 3.05) is 12.0 Å². The minimum absolute atomic E-state index is 0.270. The van der Waals surface area contributed by atoms with Crippen LogP contribution in [-0.2, 0) is 16.4 Å². The van der Waals surface area contributed by atoms with E-state index in [1.807, 2.05) is 0 Å². The molecule has 0 saturated heterocycles. The molecule has 0 radical (unpaired) electrons. The summed E-state index contributed by atoms with van der Waals surface area (Å²) in [5.41, 5.74) is 0. The van der Waals surface area contributed by atoms with Crippen molar-refractivity contribution in [1.29, 1.82) is 0 Å². The molecule has 13 heavy (non-hydrogen) atoms. The quantitative estimate of drug-likeness (QED) is 0.756. The second-order valence-electron chi connectivity index (χ2n) is 2.79. The van der Waals surface area contributed by atoms with E-state index in [1.165, 1.54) is 12.5 Å². The van der Waals surface area contributed by atoms with Crippen molar-refractivity contribution in [1.82, 2.24) is 9.78 Å². The van der Waals surface area contributed by atoms with Gasteiger partial charge in [0.05, 0.1) is 6.20 Å². The average molecular weight is 220 g/mol. The number of nitrogens with zero attached hydrogens (tertiary/aromatic N) is 2. The van der Waals surface area contributed by atoms with Gasteiger partial charge in [-0.1, -0.05) is 0 Å². The van der Waals surface area contributed by atoms with Gasteiger partial charge in [0.15, 0.2) is 9.84 Å². The third kappa shape index (κ3) is 3.04. The average Bonchev–Trinajstić information content (AvgIpc) is 2.47. The largest absolute Gasteiger partial charge is 0.271 e. The van der Waals surface area contributed by atoms with Crippen LogP contribution >= 0.6 is 12.6 Å². The molecule has 0 unspecified atom stereocenters. The lowest BCUT2D eigenvalue weighted by Crippen LogP contribution is -1.99. The fourth-order valence-electron chi connectivity index (χ4n) is 0.891. The van der Waals surface area contributed by atoms with Gasteiger partial charge in [0, 0.05) is 19.0 Å². The van der Waals surface area contributed by atoms with E-state index in [0.717, 1.165) is 12.2 Å². The maximum absolute atomic E-state index is 11.1. The Hall–Kier alpha value is -0.490. The molecule has 0 saturated carbocycles. The van der Waals surface area contributed by atoms with Crippen LogP contribution in [0.25, 0.3) is 0 Å². The molecule has 0 aromatic carbocycles. The van der Waals surface area contributed by atoms with E-state index >= 15 is 0 Å². The van der Waals surface area contributed by atoms with E-state index in [1.54, 1.807) is 10.9 Å². The Balaban J connectivity index is 2.76. The molecule has 1 aromatic heterocycles. The lowest BCUT2D eigenvalue weighted by molar-refractivity contribution is 0.597. The highest BCUT2D eigenvalue weighted by Crippen LogP contribution is 2.06. The van der Waals surface area contributed by atoms with Gasteiger partial charge in [-0.25, -0.2) is 8.42 Å². The van der Waals surface area contributed by atoms with Gasteiger partial charge in [0.1, 0.15) is 4.90 Å². The van der Waals surface area contributed by atoms with Crippen molar-refractivity contribution >= 4 is 22.5 Å². The summed E-state index contributed by atoms with van der Waals surface area (Å²) in [5, 5.41) is 3.92. The molecule has 0 aliphatic rings. The third-order valence-electron chi connectivity index (χ3n) is 1.58. The van der Waals surface area contributed by atoms with Crippen LogP contribution in [0, 0.1) is 0 Å². The second-order valence-corrected chi connectivity index (χ2v) is 5.25. The van der Waals surface area contributed by atoms with Crippen LogP contribution in [0.15, 0.2) is 17.3 Å². The first kappa shape index (κ1) is 10.6. The molecule has 0 aliphatic carbocycles. The van der Waals surface area contributed by atoms with E-state index in [2.05, 4.69) is 17.7 Å². The Morgan fingerprint density at radius 1 is 1.62 bits per heavy atom. The monoisotopic (exact) mass is 220 g/mol. The number of aryl methyl sites for hydroxylation is 1. The number of thiol groups is 1. The van der Waals surface area contributed by atoms with Crippen molar-refractivity contribution in [2.45, 2.75) is 17.9 Å². The van der Waals surface area contributed by atoms with E-state index in [4.69, 9.17) is 0 Å². The molecule has 0 atom stereocenters. The van der Waals surface area contributed by atoms with Crippen LogP contribution in [0.1, 0.15) is 6.42 Å². The lowest BCUT2D eigenvalue weighted by Gasteiger charge is -1.96. The van der Waals surface area contributed by atoms with Gasteiger partial charge < -0.3 is 0 Å². The first-order chi connectivity index (χ1) is 6.04. The highest BCUT2D eigenvalue weighted by molar-refractivity contribution is 7.90. The van der Waals surface area contributed by atoms with Crippen molar-refractivity contribution < 1.29 is 8.42 Å². The highest BCUT2D eigenvalue weighted by atomic mass is 32.2. The van der Waals surface area contributed by atoms with Crippen molar-refractivity contribution in [3.05, 3.63) is 12.4 Å². The summed E-state index contributed by atoms with van der Waals surface area (Å²) in [6.07, 6.45) is 4.97. The molecule has 1 heterocycles. The molecule has 6 heteroatoms. The zero-order chi connectivity index (χ0) is 9.90. The number of sulfone groups is 1. The number of hydrogen-bond acceptors (Lipinski definition) is 4. The van der Waals surface area contributed by atoms with E-state index in [9.17, 15) is 8.42 Å². The Kier molecular flexibility index (Phi) is 3.38. The molecule has 0 aliphatic heterocycles. The number of aromatic nitrogens is 2. The number of rotatable bonds is 4. The molecular weight excluding hydrogens is 208 g/mol. The summed E-state index contributed by atoms with van der Waals surface area (Å²) >= 11 is 4.06. The minimum Gasteiger partial charge on any atom is -0.271 e. The maximum atomic E-state index is 11.1. The smallest absolute Gasteiger partial charge is 0.178 e. The Morgan fingerprint density at radius 3 is 2.77 bits per heavy atom. The molecule has 0 fully saturated rings. The van der Waals surface area contributed by atoms with Crippen LogP contribution in [-0.4, -0.2) is 30.2 Å². The standard InChI is InChI=1S/C7H12N2O2S2/c1-13(10,11)7-5-8-9(6-7)3-2-4-12/h5-6,12H,2-4H2,1H3. The normalized spacial score (nSPS) is 11.8. The van der Waals surface area contributed by atoms with Crippen molar-refractivity contribution in [3.63, 3.8) is 0 Å². The van der Waals surface area contributed by atoms with Crippen LogP contribution in [0.4, 0.5) is 0 Å². The molecule has 74 valence electrons. The molecule has 0 bridgehead atoms. The molecule has 0 N–H and O–H groups in total. The molecule has 1 aromatic rings. The Bertz CT molecular complexity index is 370. The van der Waals surface area contributed by atoms with Crippen LogP contribution in [0.3, 0.4) is 0 Å². The zero-order valence-corrected chi connectivity index (χ0v) is 9.05. The second kappa shape index (κ2) is 4.15. The lowest BCUT2D eigenvalue weighted by atomic mass is 10.5. The van der Waals surface area contributed by atoms with Crippen molar-refractivity contribution in [3.8, 4) is 0 Å². The Labute approximate surface area is 83.3 Å². The van der Waals surface area contributed by atoms with E-state index in [0.29, 0.717) is 6.54 Å². The fourth-order valence-corrected chi connectivity index (χ4v) is 1.58. The first-order valence-electron chi connectivity index (χ1n) is 3.87. The molecule has 0 spiro atoms. The maximum Gasteiger partial charge on any atom is 0.178 e. The highest BCUT2D eigenvalue weighted by Gasteiger charge is 2.08. The van der Waals surface area contributed by atoms with Gasteiger partial charge in [-0.15, -0.1) is 0 Å². The van der Waals surface area contributed by atoms with Crippen LogP contribution < -0.4 is 0 Å². The summed E-state index contributed by atoms with van der Waals surface area (Å²) in [7, 11) is -3.11. The minimum atomic E-state index is -3.11. The third-order valence-corrected chi connectivity index (χ3v) is 2.97. The number of hydrogen-bond donors (Lipinski definition) is 1. The van der Waals surface area contributed by atoms with Gasteiger partial charge in [-0.3, -0.25) is 4.68 Å². The van der Waals surface area contributed by atoms with Crippen LogP contribution in [0.2, 0.25) is 0 Å². The molecule has 4 nitrogen and oxygen atoms in total.